The quantitative estimate of drug-likeness (QED) is 0.698. The molecule has 4 heteroatoms. The van der Waals surface area contributed by atoms with E-state index in [1.807, 2.05) is 17.4 Å². The van der Waals surface area contributed by atoms with E-state index < -0.39 is 0 Å². The molecule has 1 unspecified atom stereocenters. The Hall–Kier alpha value is -0.0600. The average molecular weight is 350 g/mol. The molecular weight excluding hydrogens is 340 g/mol. The second kappa shape index (κ2) is 4.85. The van der Waals surface area contributed by atoms with Crippen LogP contribution in [0.15, 0.2) is 33.5 Å². The van der Waals surface area contributed by atoms with Crippen molar-refractivity contribution in [2.75, 3.05) is 0 Å². The van der Waals surface area contributed by atoms with Gasteiger partial charge in [0.05, 0.1) is 11.1 Å². The van der Waals surface area contributed by atoms with E-state index in [0.717, 1.165) is 16.7 Å². The maximum Gasteiger partial charge on any atom is 0.173 e. The molecule has 0 saturated carbocycles. The van der Waals surface area contributed by atoms with Gasteiger partial charge in [-0.2, -0.15) is 0 Å². The fourth-order valence-electron chi connectivity index (χ4n) is 1.36. The van der Waals surface area contributed by atoms with Crippen LogP contribution in [0.25, 0.3) is 0 Å². The lowest BCUT2D eigenvalue weighted by molar-refractivity contribution is 0.538. The number of alkyl halides is 1. The third-order valence-corrected chi connectivity index (χ3v) is 5.43. The number of furan rings is 1. The summed E-state index contributed by atoms with van der Waals surface area (Å²) >= 11 is 8.92. The molecule has 2 aromatic heterocycles. The van der Waals surface area contributed by atoms with Crippen LogP contribution in [0, 0.1) is 0 Å². The molecule has 15 heavy (non-hydrogen) atoms. The van der Waals surface area contributed by atoms with E-state index in [4.69, 9.17) is 4.42 Å². The molecule has 0 bridgehead atoms. The van der Waals surface area contributed by atoms with E-state index in [0.29, 0.717) is 0 Å². The van der Waals surface area contributed by atoms with Crippen molar-refractivity contribution in [2.45, 2.75) is 18.2 Å². The third kappa shape index (κ3) is 2.37. The summed E-state index contributed by atoms with van der Waals surface area (Å²) in [5.41, 5.74) is 1.14. The number of aryl methyl sites for hydroxylation is 1. The van der Waals surface area contributed by atoms with Gasteiger partial charge in [-0.3, -0.25) is 0 Å². The molecule has 0 aliphatic rings. The van der Waals surface area contributed by atoms with Crippen molar-refractivity contribution in [3.8, 4) is 0 Å². The normalized spacial score (nSPS) is 13.0. The van der Waals surface area contributed by atoms with Crippen LogP contribution in [0.2, 0.25) is 0 Å². The van der Waals surface area contributed by atoms with Gasteiger partial charge < -0.3 is 4.42 Å². The number of halogens is 2. The molecule has 2 heterocycles. The van der Waals surface area contributed by atoms with Crippen molar-refractivity contribution < 1.29 is 4.42 Å². The first-order valence-electron chi connectivity index (χ1n) is 4.68. The van der Waals surface area contributed by atoms with Crippen molar-refractivity contribution in [2.24, 2.45) is 0 Å². The van der Waals surface area contributed by atoms with Gasteiger partial charge in [0.1, 0.15) is 0 Å². The largest absolute Gasteiger partial charge is 0.457 e. The lowest BCUT2D eigenvalue weighted by Crippen LogP contribution is -1.86. The Morgan fingerprint density at radius 1 is 1.40 bits per heavy atom. The first-order valence-corrected chi connectivity index (χ1v) is 7.20. The van der Waals surface area contributed by atoms with Crippen LogP contribution in [-0.2, 0) is 6.42 Å². The van der Waals surface area contributed by atoms with Crippen molar-refractivity contribution in [1.82, 2.24) is 0 Å². The lowest BCUT2D eigenvalue weighted by atomic mass is 10.2. The molecule has 0 fully saturated rings. The molecule has 0 aromatic carbocycles. The summed E-state index contributed by atoms with van der Waals surface area (Å²) in [5.74, 6) is 0. The van der Waals surface area contributed by atoms with Gasteiger partial charge in [0.25, 0.3) is 0 Å². The second-order valence-electron chi connectivity index (χ2n) is 3.17. The highest BCUT2D eigenvalue weighted by molar-refractivity contribution is 9.10. The highest BCUT2D eigenvalue weighted by Crippen LogP contribution is 2.39. The molecule has 0 aliphatic carbocycles. The molecule has 2 rings (SSSR count). The van der Waals surface area contributed by atoms with Gasteiger partial charge in [-0.05, 0) is 40.5 Å². The van der Waals surface area contributed by atoms with Gasteiger partial charge in [-0.25, -0.2) is 0 Å². The zero-order valence-corrected chi connectivity index (χ0v) is 12.2. The van der Waals surface area contributed by atoms with Gasteiger partial charge in [-0.15, -0.1) is 11.3 Å². The fraction of sp³-hybridized carbons (Fsp3) is 0.273. The molecule has 0 spiro atoms. The zero-order chi connectivity index (χ0) is 10.8. The Kier molecular flexibility index (Phi) is 3.69. The summed E-state index contributed by atoms with van der Waals surface area (Å²) in [4.78, 5) is 2.94. The molecule has 2 aromatic rings. The lowest BCUT2D eigenvalue weighted by Gasteiger charge is -2.04. The van der Waals surface area contributed by atoms with Crippen LogP contribution in [-0.4, -0.2) is 0 Å². The van der Waals surface area contributed by atoms with Gasteiger partial charge in [-0.1, -0.05) is 22.9 Å². The summed E-state index contributed by atoms with van der Waals surface area (Å²) in [6.45, 7) is 2.17. The van der Waals surface area contributed by atoms with Crippen LogP contribution in [0.3, 0.4) is 0 Å². The minimum Gasteiger partial charge on any atom is -0.457 e. The van der Waals surface area contributed by atoms with Gasteiger partial charge in [0.15, 0.2) is 4.67 Å². The molecule has 1 atom stereocenters. The third-order valence-electron chi connectivity index (χ3n) is 2.20. The monoisotopic (exact) mass is 348 g/mol. The summed E-state index contributed by atoms with van der Waals surface area (Å²) in [6.07, 6.45) is 2.79. The number of rotatable bonds is 3. The van der Waals surface area contributed by atoms with Crippen LogP contribution in [0.1, 0.15) is 27.1 Å². The summed E-state index contributed by atoms with van der Waals surface area (Å²) in [6, 6.07) is 6.33. The van der Waals surface area contributed by atoms with Gasteiger partial charge in [0, 0.05) is 15.3 Å². The van der Waals surface area contributed by atoms with Gasteiger partial charge >= 0.3 is 0 Å². The first-order chi connectivity index (χ1) is 7.22. The van der Waals surface area contributed by atoms with Gasteiger partial charge in [0.2, 0.25) is 0 Å². The van der Waals surface area contributed by atoms with E-state index in [2.05, 4.69) is 50.9 Å². The Morgan fingerprint density at radius 3 is 2.73 bits per heavy atom. The maximum absolute atomic E-state index is 5.23. The summed E-state index contributed by atoms with van der Waals surface area (Å²) in [7, 11) is 0. The molecule has 0 saturated heterocycles. The fourth-order valence-corrected chi connectivity index (χ4v) is 3.88. The number of thiophene rings is 1. The van der Waals surface area contributed by atoms with E-state index in [-0.39, 0.29) is 4.83 Å². The minimum absolute atomic E-state index is 0.218. The average Bonchev–Trinajstić information content (AvgIpc) is 2.84. The number of hydrogen-bond acceptors (Lipinski definition) is 2. The van der Waals surface area contributed by atoms with Crippen LogP contribution in [0.4, 0.5) is 0 Å². The molecule has 80 valence electrons. The Labute approximate surface area is 110 Å². The van der Waals surface area contributed by atoms with Crippen LogP contribution >= 0.6 is 43.2 Å². The standard InChI is InChI=1S/C11H10Br2OS/c1-2-7-3-4-9(15-7)10(12)8-5-6-14-11(8)13/h3-6,10H,2H2,1H3. The topological polar surface area (TPSA) is 13.1 Å². The van der Waals surface area contributed by atoms with Crippen molar-refractivity contribution in [3.63, 3.8) is 0 Å². The Balaban J connectivity index is 2.28. The summed E-state index contributed by atoms with van der Waals surface area (Å²) < 4.78 is 6.03. The number of hydrogen-bond donors (Lipinski definition) is 0. The van der Waals surface area contributed by atoms with E-state index in [1.54, 1.807) is 6.26 Å². The molecule has 0 radical (unpaired) electrons. The minimum atomic E-state index is 0.218. The predicted octanol–water partition coefficient (Wildman–Crippen LogP) is 5.15. The molecular formula is C11H10Br2OS. The molecule has 0 amide bonds. The predicted molar refractivity (Wildman–Crippen MR) is 70.9 cm³/mol. The SMILES string of the molecule is CCc1ccc(C(Br)c2ccoc2Br)s1. The zero-order valence-electron chi connectivity index (χ0n) is 8.17. The highest BCUT2D eigenvalue weighted by Gasteiger charge is 2.17. The Bertz CT molecular complexity index is 447. The second-order valence-corrected chi connectivity index (χ2v) is 6.01. The maximum atomic E-state index is 5.23. The Morgan fingerprint density at radius 2 is 2.20 bits per heavy atom. The summed E-state index contributed by atoms with van der Waals surface area (Å²) in [5, 5.41) is 0. The van der Waals surface area contributed by atoms with E-state index in [1.165, 1.54) is 9.75 Å². The van der Waals surface area contributed by atoms with E-state index >= 15 is 0 Å². The first kappa shape index (κ1) is 11.4. The molecule has 0 aliphatic heterocycles. The smallest absolute Gasteiger partial charge is 0.173 e. The van der Waals surface area contributed by atoms with Crippen molar-refractivity contribution in [3.05, 3.63) is 44.4 Å². The van der Waals surface area contributed by atoms with Crippen molar-refractivity contribution in [1.29, 1.82) is 0 Å². The highest BCUT2D eigenvalue weighted by atomic mass is 79.9. The molecule has 0 N–H and O–H groups in total. The van der Waals surface area contributed by atoms with Crippen molar-refractivity contribution >= 4 is 43.2 Å². The van der Waals surface area contributed by atoms with Crippen LogP contribution in [0.5, 0.6) is 0 Å². The molecule has 1 nitrogen and oxygen atoms in total. The van der Waals surface area contributed by atoms with Crippen LogP contribution < -0.4 is 0 Å². The van der Waals surface area contributed by atoms with E-state index in [9.17, 15) is 0 Å².